The van der Waals surface area contributed by atoms with Crippen LogP contribution in [0.5, 0.6) is 5.75 Å². The zero-order valence-corrected chi connectivity index (χ0v) is 21.3. The zero-order valence-electron chi connectivity index (χ0n) is 19.7. The number of benzene rings is 2. The topological polar surface area (TPSA) is 58.9 Å². The van der Waals surface area contributed by atoms with E-state index >= 15 is 0 Å². The van der Waals surface area contributed by atoms with Gasteiger partial charge in [0.15, 0.2) is 4.80 Å². The van der Waals surface area contributed by atoms with Gasteiger partial charge in [0, 0.05) is 36.1 Å². The second-order valence-electron chi connectivity index (χ2n) is 7.59. The molecule has 0 radical (unpaired) electrons. The molecule has 6 nitrogen and oxygen atoms in total. The van der Waals surface area contributed by atoms with Crippen molar-refractivity contribution < 1.29 is 13.9 Å². The highest BCUT2D eigenvalue weighted by atomic mass is 35.5. The molecule has 0 aliphatic rings. The minimum Gasteiger partial charge on any atom is -0.494 e. The van der Waals surface area contributed by atoms with Crippen molar-refractivity contribution in [3.63, 3.8) is 0 Å². The summed E-state index contributed by atoms with van der Waals surface area (Å²) in [7, 11) is 1.59. The van der Waals surface area contributed by atoms with E-state index in [1.165, 1.54) is 23.5 Å². The lowest BCUT2D eigenvalue weighted by atomic mass is 10.1. The molecule has 0 unspecified atom stereocenters. The number of rotatable bonds is 11. The molecule has 0 spiro atoms. The van der Waals surface area contributed by atoms with Gasteiger partial charge in [-0.15, -0.1) is 11.3 Å². The van der Waals surface area contributed by atoms with Crippen molar-refractivity contribution in [3.8, 4) is 17.0 Å². The molecular formula is C25H30ClFN4O2S. The van der Waals surface area contributed by atoms with Gasteiger partial charge in [-0.2, -0.15) is 0 Å². The predicted octanol–water partition coefficient (Wildman–Crippen LogP) is 5.10. The molecule has 34 heavy (non-hydrogen) atoms. The van der Waals surface area contributed by atoms with Crippen molar-refractivity contribution in [2.75, 3.05) is 33.3 Å². The minimum atomic E-state index is -0.275. The third-order valence-corrected chi connectivity index (χ3v) is 6.52. The summed E-state index contributed by atoms with van der Waals surface area (Å²) in [5.41, 5.74) is 2.54. The van der Waals surface area contributed by atoms with Crippen LogP contribution in [0.2, 0.25) is 5.02 Å². The van der Waals surface area contributed by atoms with Crippen LogP contribution in [0.25, 0.3) is 11.3 Å². The average molecular weight is 505 g/mol. The number of nitrogens with one attached hydrogen (secondary N) is 1. The normalized spacial score (nSPS) is 11.6. The Morgan fingerprint density at radius 2 is 1.94 bits per heavy atom. The first-order chi connectivity index (χ1) is 16.5. The standard InChI is InChI=1S/C25H30ClFN4O2S/c1-4-30(5-2)24(32)16-28-13-6-14-31-22(18-7-10-20(27)11-8-18)17-34-25(31)29-21-12-9-19(26)15-23(21)33-3/h7-12,15,17,28H,4-6,13-14,16H2,1-3H3/b29-25-. The van der Waals surface area contributed by atoms with Gasteiger partial charge in [0.2, 0.25) is 5.91 Å². The Kier molecular flexibility index (Phi) is 9.68. The molecule has 3 aromatic rings. The van der Waals surface area contributed by atoms with E-state index in [2.05, 4.69) is 9.88 Å². The Hall–Kier alpha value is -2.68. The second kappa shape index (κ2) is 12.7. The number of amides is 1. The van der Waals surface area contributed by atoms with Gasteiger partial charge in [-0.05, 0) is 68.8 Å². The van der Waals surface area contributed by atoms with E-state index in [9.17, 15) is 9.18 Å². The van der Waals surface area contributed by atoms with E-state index in [0.717, 1.165) is 22.5 Å². The fourth-order valence-corrected chi connectivity index (χ4v) is 4.69. The molecule has 0 aliphatic carbocycles. The van der Waals surface area contributed by atoms with Gasteiger partial charge >= 0.3 is 0 Å². The maximum atomic E-state index is 13.5. The highest BCUT2D eigenvalue weighted by molar-refractivity contribution is 7.07. The molecule has 0 saturated carbocycles. The van der Waals surface area contributed by atoms with Gasteiger partial charge in [0.25, 0.3) is 0 Å². The number of hydrogen-bond donors (Lipinski definition) is 1. The van der Waals surface area contributed by atoms with E-state index in [4.69, 9.17) is 21.3 Å². The third kappa shape index (κ3) is 6.68. The molecule has 3 rings (SSSR count). The van der Waals surface area contributed by atoms with Crippen molar-refractivity contribution in [2.24, 2.45) is 4.99 Å². The van der Waals surface area contributed by atoms with Crippen molar-refractivity contribution in [1.82, 2.24) is 14.8 Å². The molecule has 1 heterocycles. The summed E-state index contributed by atoms with van der Waals surface area (Å²) in [6.45, 7) is 7.06. The summed E-state index contributed by atoms with van der Waals surface area (Å²) < 4.78 is 21.0. The van der Waals surface area contributed by atoms with Crippen LogP contribution in [-0.2, 0) is 11.3 Å². The van der Waals surface area contributed by atoms with Crippen LogP contribution in [0, 0.1) is 5.82 Å². The molecule has 182 valence electrons. The van der Waals surface area contributed by atoms with E-state index in [-0.39, 0.29) is 11.7 Å². The van der Waals surface area contributed by atoms with Crippen LogP contribution < -0.4 is 14.9 Å². The van der Waals surface area contributed by atoms with Gasteiger partial charge in [-0.1, -0.05) is 11.6 Å². The second-order valence-corrected chi connectivity index (χ2v) is 8.86. The van der Waals surface area contributed by atoms with Crippen LogP contribution in [0.3, 0.4) is 0 Å². The zero-order chi connectivity index (χ0) is 24.5. The number of halogens is 2. The van der Waals surface area contributed by atoms with Gasteiger partial charge in [-0.3, -0.25) is 4.79 Å². The van der Waals surface area contributed by atoms with Crippen molar-refractivity contribution >= 4 is 34.5 Å². The Bertz CT molecular complexity index is 1160. The van der Waals surface area contributed by atoms with Gasteiger partial charge in [0.1, 0.15) is 17.3 Å². The number of aromatic nitrogens is 1. The molecule has 9 heteroatoms. The number of hydrogen-bond acceptors (Lipinski definition) is 5. The average Bonchev–Trinajstić information content (AvgIpc) is 3.23. The Morgan fingerprint density at radius 3 is 2.62 bits per heavy atom. The summed E-state index contributed by atoms with van der Waals surface area (Å²) in [6.07, 6.45) is 0.793. The maximum absolute atomic E-state index is 13.5. The number of nitrogens with zero attached hydrogens (tertiary/aromatic N) is 3. The Labute approximate surface area is 208 Å². The van der Waals surface area contributed by atoms with E-state index in [1.807, 2.05) is 30.2 Å². The van der Waals surface area contributed by atoms with Crippen LogP contribution >= 0.6 is 22.9 Å². The van der Waals surface area contributed by atoms with Gasteiger partial charge in [-0.25, -0.2) is 9.38 Å². The molecule has 1 aromatic heterocycles. The van der Waals surface area contributed by atoms with Crippen molar-refractivity contribution in [1.29, 1.82) is 0 Å². The highest BCUT2D eigenvalue weighted by Crippen LogP contribution is 2.30. The molecule has 0 bridgehead atoms. The maximum Gasteiger partial charge on any atom is 0.236 e. The molecule has 0 aliphatic heterocycles. The van der Waals surface area contributed by atoms with Gasteiger partial charge in [0.05, 0.1) is 19.3 Å². The number of likely N-dealkylation sites (N-methyl/N-ethyl adjacent to an activating group) is 1. The van der Waals surface area contributed by atoms with Crippen LogP contribution in [0.1, 0.15) is 20.3 Å². The van der Waals surface area contributed by atoms with Crippen LogP contribution in [0.4, 0.5) is 10.1 Å². The smallest absolute Gasteiger partial charge is 0.236 e. The van der Waals surface area contributed by atoms with Crippen molar-refractivity contribution in [3.05, 3.63) is 63.5 Å². The first-order valence-electron chi connectivity index (χ1n) is 11.3. The minimum absolute atomic E-state index is 0.103. The predicted molar refractivity (Wildman–Crippen MR) is 136 cm³/mol. The van der Waals surface area contributed by atoms with Crippen LogP contribution in [0.15, 0.2) is 52.8 Å². The Balaban J connectivity index is 1.83. The van der Waals surface area contributed by atoms with E-state index < -0.39 is 0 Å². The summed E-state index contributed by atoms with van der Waals surface area (Å²) in [5.74, 6) is 0.418. The molecule has 1 N–H and O–H groups in total. The molecule has 1 amide bonds. The molecular weight excluding hydrogens is 475 g/mol. The summed E-state index contributed by atoms with van der Waals surface area (Å²) in [6, 6.07) is 11.8. The fraction of sp³-hybridized carbons (Fsp3) is 0.360. The number of methoxy groups -OCH3 is 1. The quantitative estimate of drug-likeness (QED) is 0.370. The molecule has 0 atom stereocenters. The lowest BCUT2D eigenvalue weighted by Gasteiger charge is -2.18. The summed E-state index contributed by atoms with van der Waals surface area (Å²) in [5, 5.41) is 5.84. The lowest BCUT2D eigenvalue weighted by Crippen LogP contribution is -2.38. The van der Waals surface area contributed by atoms with Crippen molar-refractivity contribution in [2.45, 2.75) is 26.8 Å². The molecule has 0 saturated heterocycles. The lowest BCUT2D eigenvalue weighted by molar-refractivity contribution is -0.129. The largest absolute Gasteiger partial charge is 0.494 e. The van der Waals surface area contributed by atoms with Gasteiger partial charge < -0.3 is 19.5 Å². The first-order valence-corrected chi connectivity index (χ1v) is 12.5. The van der Waals surface area contributed by atoms with Crippen LogP contribution in [-0.4, -0.2) is 48.7 Å². The van der Waals surface area contributed by atoms with E-state index in [0.29, 0.717) is 49.2 Å². The first kappa shape index (κ1) is 25.9. The van der Waals surface area contributed by atoms with E-state index in [1.54, 1.807) is 31.4 Å². The monoisotopic (exact) mass is 504 g/mol. The number of thiazole rings is 1. The highest BCUT2D eigenvalue weighted by Gasteiger charge is 2.11. The number of ether oxygens (including phenoxy) is 1. The SMILES string of the molecule is CCN(CC)C(=O)CNCCCn1c(-c2ccc(F)cc2)cs/c1=N\c1ccc(Cl)cc1OC. The third-order valence-electron chi connectivity index (χ3n) is 5.42. The molecule has 0 fully saturated rings. The summed E-state index contributed by atoms with van der Waals surface area (Å²) in [4.78, 5) is 19.6. The summed E-state index contributed by atoms with van der Waals surface area (Å²) >= 11 is 7.60. The number of carbonyl (C=O) groups is 1. The fourth-order valence-electron chi connectivity index (χ4n) is 3.58. The number of carbonyl (C=O) groups excluding carboxylic acids is 1. The Morgan fingerprint density at radius 1 is 1.21 bits per heavy atom. The molecule has 2 aromatic carbocycles.